The molecule has 1 aromatic carbocycles. The lowest BCUT2D eigenvalue weighted by Crippen LogP contribution is -2.33. The maximum Gasteiger partial charge on any atom is 0.227 e. The fourth-order valence-electron chi connectivity index (χ4n) is 2.85. The molecule has 0 N–H and O–H groups in total. The average Bonchev–Trinajstić information content (AvgIpc) is 2.95. The van der Waals surface area contributed by atoms with E-state index in [1.807, 2.05) is 29.2 Å². The standard InChI is InChI=1S/C12H11N5O/c18-12-6-5-8-7-11-13-14-15-17(11)10-4-2-1-3-9(10)16(8)12/h1-4,8H,5-7H2/t8-/m0/s1. The van der Waals surface area contributed by atoms with Gasteiger partial charge in [-0.2, -0.15) is 4.68 Å². The molecule has 1 amide bonds. The Bertz CT molecular complexity index is 635. The Hall–Kier alpha value is -2.24. The number of benzene rings is 1. The van der Waals surface area contributed by atoms with Crippen LogP contribution in [0.3, 0.4) is 0 Å². The van der Waals surface area contributed by atoms with Gasteiger partial charge in [0, 0.05) is 18.9 Å². The van der Waals surface area contributed by atoms with Gasteiger partial charge in [-0.25, -0.2) is 0 Å². The van der Waals surface area contributed by atoms with E-state index in [0.717, 1.165) is 23.6 Å². The second-order valence-electron chi connectivity index (χ2n) is 4.66. The number of aromatic nitrogens is 4. The van der Waals surface area contributed by atoms with Crippen LogP contribution < -0.4 is 4.90 Å². The summed E-state index contributed by atoms with van der Waals surface area (Å²) < 4.78 is 1.74. The number of anilines is 1. The van der Waals surface area contributed by atoms with Crippen molar-refractivity contribution >= 4 is 11.6 Å². The Balaban J connectivity index is 2.00. The van der Waals surface area contributed by atoms with Crippen LogP contribution in [-0.4, -0.2) is 32.2 Å². The van der Waals surface area contributed by atoms with Crippen LogP contribution in [0.15, 0.2) is 24.3 Å². The maximum atomic E-state index is 12.1. The summed E-state index contributed by atoms with van der Waals surface area (Å²) in [4.78, 5) is 14.0. The number of tetrazole rings is 1. The van der Waals surface area contributed by atoms with Crippen LogP contribution in [0.5, 0.6) is 0 Å². The molecular weight excluding hydrogens is 230 g/mol. The second-order valence-corrected chi connectivity index (χ2v) is 4.66. The van der Waals surface area contributed by atoms with Gasteiger partial charge >= 0.3 is 0 Å². The molecule has 4 rings (SSSR count). The van der Waals surface area contributed by atoms with Gasteiger partial charge in [0.1, 0.15) is 0 Å². The van der Waals surface area contributed by atoms with Gasteiger partial charge in [0.15, 0.2) is 5.82 Å². The van der Waals surface area contributed by atoms with Crippen molar-refractivity contribution in [2.45, 2.75) is 25.3 Å². The molecule has 3 heterocycles. The Kier molecular flexibility index (Phi) is 1.83. The lowest BCUT2D eigenvalue weighted by atomic mass is 10.1. The first-order valence-corrected chi connectivity index (χ1v) is 6.03. The monoisotopic (exact) mass is 241 g/mol. The van der Waals surface area contributed by atoms with Gasteiger partial charge in [0.25, 0.3) is 0 Å². The van der Waals surface area contributed by atoms with Gasteiger partial charge in [-0.3, -0.25) is 4.79 Å². The lowest BCUT2D eigenvalue weighted by molar-refractivity contribution is -0.117. The van der Waals surface area contributed by atoms with E-state index in [1.165, 1.54) is 0 Å². The predicted octanol–water partition coefficient (Wildman–Crippen LogP) is 0.714. The number of para-hydroxylation sites is 2. The number of amides is 1. The van der Waals surface area contributed by atoms with Crippen molar-refractivity contribution in [2.24, 2.45) is 0 Å². The summed E-state index contributed by atoms with van der Waals surface area (Å²) in [6.45, 7) is 0. The van der Waals surface area contributed by atoms with Crippen molar-refractivity contribution in [2.75, 3.05) is 4.90 Å². The predicted molar refractivity (Wildman–Crippen MR) is 63.4 cm³/mol. The molecule has 1 saturated heterocycles. The number of hydrogen-bond acceptors (Lipinski definition) is 4. The van der Waals surface area contributed by atoms with E-state index in [2.05, 4.69) is 15.5 Å². The summed E-state index contributed by atoms with van der Waals surface area (Å²) in [6, 6.07) is 7.97. The molecule has 0 spiro atoms. The highest BCUT2D eigenvalue weighted by molar-refractivity contribution is 5.98. The van der Waals surface area contributed by atoms with Gasteiger partial charge in [0.2, 0.25) is 5.91 Å². The molecule has 6 heteroatoms. The lowest BCUT2D eigenvalue weighted by Gasteiger charge is -2.23. The van der Waals surface area contributed by atoms with Crippen molar-refractivity contribution in [3.8, 4) is 5.69 Å². The minimum absolute atomic E-state index is 0.186. The third kappa shape index (κ3) is 1.17. The molecule has 1 atom stereocenters. The van der Waals surface area contributed by atoms with Gasteiger partial charge in [-0.15, -0.1) is 5.10 Å². The maximum absolute atomic E-state index is 12.1. The van der Waals surface area contributed by atoms with E-state index < -0.39 is 0 Å². The first-order chi connectivity index (χ1) is 8.84. The summed E-state index contributed by atoms with van der Waals surface area (Å²) in [6.07, 6.45) is 2.20. The zero-order chi connectivity index (χ0) is 12.1. The summed E-state index contributed by atoms with van der Waals surface area (Å²) in [7, 11) is 0. The molecule has 0 radical (unpaired) electrons. The highest BCUT2D eigenvalue weighted by atomic mass is 16.2. The van der Waals surface area contributed by atoms with Crippen molar-refractivity contribution in [1.82, 2.24) is 20.2 Å². The Morgan fingerprint density at radius 2 is 2.06 bits per heavy atom. The molecule has 2 aromatic rings. The van der Waals surface area contributed by atoms with Gasteiger partial charge in [0.05, 0.1) is 11.4 Å². The molecule has 2 aliphatic heterocycles. The molecule has 0 saturated carbocycles. The van der Waals surface area contributed by atoms with Gasteiger partial charge in [-0.05, 0) is 29.0 Å². The largest absolute Gasteiger partial charge is 0.307 e. The highest BCUT2D eigenvalue weighted by Gasteiger charge is 2.37. The van der Waals surface area contributed by atoms with E-state index in [4.69, 9.17) is 0 Å². The van der Waals surface area contributed by atoms with Gasteiger partial charge < -0.3 is 4.90 Å². The first kappa shape index (κ1) is 9.76. The van der Waals surface area contributed by atoms with Crippen molar-refractivity contribution in [3.05, 3.63) is 30.1 Å². The zero-order valence-electron chi connectivity index (χ0n) is 9.65. The molecule has 90 valence electrons. The summed E-state index contributed by atoms with van der Waals surface area (Å²) >= 11 is 0. The van der Waals surface area contributed by atoms with Crippen LogP contribution in [-0.2, 0) is 11.2 Å². The molecule has 1 aromatic heterocycles. The topological polar surface area (TPSA) is 63.9 Å². The van der Waals surface area contributed by atoms with E-state index >= 15 is 0 Å². The van der Waals surface area contributed by atoms with Crippen molar-refractivity contribution in [3.63, 3.8) is 0 Å². The summed E-state index contributed by atoms with van der Waals surface area (Å²) in [5, 5.41) is 11.8. The van der Waals surface area contributed by atoms with Gasteiger partial charge in [-0.1, -0.05) is 12.1 Å². The van der Waals surface area contributed by atoms with E-state index in [-0.39, 0.29) is 11.9 Å². The Labute approximate surface area is 103 Å². The van der Waals surface area contributed by atoms with Crippen LogP contribution in [0.2, 0.25) is 0 Å². The van der Waals surface area contributed by atoms with E-state index in [9.17, 15) is 4.79 Å². The summed E-state index contributed by atoms with van der Waals surface area (Å²) in [5.74, 6) is 1.01. The van der Waals surface area contributed by atoms with E-state index in [0.29, 0.717) is 12.8 Å². The fraction of sp³-hybridized carbons (Fsp3) is 0.333. The number of rotatable bonds is 0. The third-order valence-corrected chi connectivity index (χ3v) is 3.65. The molecule has 2 aliphatic rings. The fourth-order valence-corrected chi connectivity index (χ4v) is 2.85. The molecule has 0 bridgehead atoms. The smallest absolute Gasteiger partial charge is 0.227 e. The molecule has 1 fully saturated rings. The number of nitrogens with zero attached hydrogens (tertiary/aromatic N) is 5. The van der Waals surface area contributed by atoms with Crippen LogP contribution in [0.1, 0.15) is 18.7 Å². The number of carbonyl (C=O) groups is 1. The quantitative estimate of drug-likeness (QED) is 0.681. The number of fused-ring (bicyclic) bond motifs is 5. The molecule has 18 heavy (non-hydrogen) atoms. The highest BCUT2D eigenvalue weighted by Crippen LogP contribution is 2.35. The van der Waals surface area contributed by atoms with Crippen LogP contribution in [0.4, 0.5) is 5.69 Å². The summed E-state index contributed by atoms with van der Waals surface area (Å²) in [5.41, 5.74) is 1.80. The van der Waals surface area contributed by atoms with Crippen LogP contribution >= 0.6 is 0 Å². The minimum Gasteiger partial charge on any atom is -0.307 e. The van der Waals surface area contributed by atoms with Crippen LogP contribution in [0, 0.1) is 0 Å². The zero-order valence-corrected chi connectivity index (χ0v) is 9.65. The molecule has 0 aliphatic carbocycles. The first-order valence-electron chi connectivity index (χ1n) is 6.03. The SMILES string of the molecule is O=C1CC[C@H]2Cc3nnnn3-c3ccccc3N12. The third-order valence-electron chi connectivity index (χ3n) is 3.65. The van der Waals surface area contributed by atoms with Crippen molar-refractivity contribution < 1.29 is 4.79 Å². The molecule has 6 nitrogen and oxygen atoms in total. The minimum atomic E-state index is 0.186. The molecular formula is C12H11N5O. The number of hydrogen-bond donors (Lipinski definition) is 0. The number of carbonyl (C=O) groups excluding carboxylic acids is 1. The van der Waals surface area contributed by atoms with Crippen LogP contribution in [0.25, 0.3) is 5.69 Å². The average molecular weight is 241 g/mol. The van der Waals surface area contributed by atoms with Crippen molar-refractivity contribution in [1.29, 1.82) is 0 Å². The Morgan fingerprint density at radius 3 is 2.94 bits per heavy atom. The van der Waals surface area contributed by atoms with E-state index in [1.54, 1.807) is 4.68 Å². The normalized spacial score (nSPS) is 21.2. The second kappa shape index (κ2) is 3.38. The Morgan fingerprint density at radius 1 is 1.22 bits per heavy atom. The molecule has 0 unspecified atom stereocenters.